The first kappa shape index (κ1) is 12.2. The van der Waals surface area contributed by atoms with Gasteiger partial charge in [0.05, 0.1) is 12.2 Å². The molecule has 0 fully saturated rings. The highest BCUT2D eigenvalue weighted by Crippen LogP contribution is 2.15. The number of esters is 1. The zero-order valence-corrected chi connectivity index (χ0v) is 10.1. The van der Waals surface area contributed by atoms with Gasteiger partial charge in [-0.15, -0.1) is 10.2 Å². The summed E-state index contributed by atoms with van der Waals surface area (Å²) in [5, 5.41) is 13.6. The van der Waals surface area contributed by atoms with Crippen LogP contribution in [0.5, 0.6) is 0 Å². The number of carbonyl (C=O) groups is 1. The summed E-state index contributed by atoms with van der Waals surface area (Å²) in [6.07, 6.45) is 1.87. The SMILES string of the molecule is CCCCOC(=O)c1cccc(-c2nn[nH]n2)c1. The van der Waals surface area contributed by atoms with Gasteiger partial charge in [-0.3, -0.25) is 0 Å². The van der Waals surface area contributed by atoms with E-state index in [0.717, 1.165) is 18.4 Å². The fraction of sp³-hybridized carbons (Fsp3) is 0.333. The zero-order valence-electron chi connectivity index (χ0n) is 10.1. The number of hydrogen-bond donors (Lipinski definition) is 1. The molecule has 1 aromatic heterocycles. The summed E-state index contributed by atoms with van der Waals surface area (Å²) >= 11 is 0. The van der Waals surface area contributed by atoms with Crippen molar-refractivity contribution in [1.82, 2.24) is 20.6 Å². The average Bonchev–Trinajstić information content (AvgIpc) is 2.93. The lowest BCUT2D eigenvalue weighted by Gasteiger charge is -2.04. The average molecular weight is 246 g/mol. The lowest BCUT2D eigenvalue weighted by molar-refractivity contribution is 0.0500. The molecule has 0 amide bonds. The predicted molar refractivity (Wildman–Crippen MR) is 64.8 cm³/mol. The maximum Gasteiger partial charge on any atom is 0.338 e. The first-order valence-electron chi connectivity index (χ1n) is 5.82. The van der Waals surface area contributed by atoms with E-state index in [2.05, 4.69) is 20.6 Å². The van der Waals surface area contributed by atoms with Crippen molar-refractivity contribution in [1.29, 1.82) is 0 Å². The standard InChI is InChI=1S/C12H14N4O2/c1-2-3-7-18-12(17)10-6-4-5-9(8-10)11-13-15-16-14-11/h4-6,8H,2-3,7H2,1H3,(H,13,14,15,16). The summed E-state index contributed by atoms with van der Waals surface area (Å²) in [6.45, 7) is 2.49. The number of hydrogen-bond acceptors (Lipinski definition) is 5. The summed E-state index contributed by atoms with van der Waals surface area (Å²) in [6, 6.07) is 6.98. The molecular weight excluding hydrogens is 232 g/mol. The van der Waals surface area contributed by atoms with E-state index in [-0.39, 0.29) is 5.97 Å². The van der Waals surface area contributed by atoms with Gasteiger partial charge in [0.2, 0.25) is 5.82 Å². The number of carbonyl (C=O) groups excluding carboxylic acids is 1. The Bertz CT molecular complexity index is 511. The van der Waals surface area contributed by atoms with Gasteiger partial charge in [-0.1, -0.05) is 25.5 Å². The number of aromatic amines is 1. The van der Waals surface area contributed by atoms with E-state index in [1.807, 2.05) is 13.0 Å². The van der Waals surface area contributed by atoms with Crippen LogP contribution in [0.15, 0.2) is 24.3 Å². The van der Waals surface area contributed by atoms with E-state index < -0.39 is 0 Å². The molecule has 0 aliphatic heterocycles. The van der Waals surface area contributed by atoms with Crippen LogP contribution in [-0.2, 0) is 4.74 Å². The van der Waals surface area contributed by atoms with E-state index >= 15 is 0 Å². The maximum absolute atomic E-state index is 11.8. The number of nitrogens with zero attached hydrogens (tertiary/aromatic N) is 3. The van der Waals surface area contributed by atoms with E-state index in [9.17, 15) is 4.79 Å². The minimum Gasteiger partial charge on any atom is -0.462 e. The van der Waals surface area contributed by atoms with Gasteiger partial charge in [0, 0.05) is 5.56 Å². The quantitative estimate of drug-likeness (QED) is 0.643. The molecule has 0 radical (unpaired) electrons. The number of unbranched alkanes of at least 4 members (excludes halogenated alkanes) is 1. The smallest absolute Gasteiger partial charge is 0.338 e. The predicted octanol–water partition coefficient (Wildman–Crippen LogP) is 1.82. The minimum absolute atomic E-state index is 0.325. The lowest BCUT2D eigenvalue weighted by Crippen LogP contribution is -2.06. The van der Waals surface area contributed by atoms with Crippen molar-refractivity contribution in [3.8, 4) is 11.4 Å². The summed E-state index contributed by atoms with van der Waals surface area (Å²) in [4.78, 5) is 11.8. The second kappa shape index (κ2) is 5.90. The molecule has 0 saturated carbocycles. The number of tetrazole rings is 1. The number of aromatic nitrogens is 4. The molecule has 6 nitrogen and oxygen atoms in total. The van der Waals surface area contributed by atoms with Crippen LogP contribution in [0.4, 0.5) is 0 Å². The Labute approximate surface area is 104 Å². The zero-order chi connectivity index (χ0) is 12.8. The largest absolute Gasteiger partial charge is 0.462 e. The van der Waals surface area contributed by atoms with Crippen LogP contribution >= 0.6 is 0 Å². The van der Waals surface area contributed by atoms with Crippen LogP contribution in [0.1, 0.15) is 30.1 Å². The number of nitrogens with one attached hydrogen (secondary N) is 1. The van der Waals surface area contributed by atoms with Crippen molar-refractivity contribution in [2.75, 3.05) is 6.61 Å². The molecule has 18 heavy (non-hydrogen) atoms. The first-order chi connectivity index (χ1) is 8.81. The Balaban J connectivity index is 2.10. The van der Waals surface area contributed by atoms with Crippen molar-refractivity contribution >= 4 is 5.97 Å². The molecule has 1 N–H and O–H groups in total. The Morgan fingerprint density at radius 1 is 1.44 bits per heavy atom. The second-order valence-electron chi connectivity index (χ2n) is 3.81. The van der Waals surface area contributed by atoms with E-state index in [0.29, 0.717) is 18.0 Å². The van der Waals surface area contributed by atoms with Crippen LogP contribution in [0.2, 0.25) is 0 Å². The van der Waals surface area contributed by atoms with Gasteiger partial charge in [-0.05, 0) is 23.8 Å². The summed E-state index contributed by atoms with van der Waals surface area (Å²) in [5.41, 5.74) is 1.22. The molecule has 6 heteroatoms. The molecule has 0 atom stereocenters. The number of benzene rings is 1. The molecule has 0 unspecified atom stereocenters. The topological polar surface area (TPSA) is 80.8 Å². The highest BCUT2D eigenvalue weighted by molar-refractivity contribution is 5.90. The van der Waals surface area contributed by atoms with E-state index in [1.54, 1.807) is 18.2 Å². The fourth-order valence-corrected chi connectivity index (χ4v) is 1.46. The molecule has 1 heterocycles. The molecule has 0 bridgehead atoms. The van der Waals surface area contributed by atoms with Crippen molar-refractivity contribution < 1.29 is 9.53 Å². The van der Waals surface area contributed by atoms with Gasteiger partial charge in [0.25, 0.3) is 0 Å². The van der Waals surface area contributed by atoms with E-state index in [4.69, 9.17) is 4.74 Å². The summed E-state index contributed by atoms with van der Waals surface area (Å²) in [5.74, 6) is 0.131. The van der Waals surface area contributed by atoms with Crippen molar-refractivity contribution in [3.63, 3.8) is 0 Å². The lowest BCUT2D eigenvalue weighted by atomic mass is 10.1. The Morgan fingerprint density at radius 3 is 3.06 bits per heavy atom. The van der Waals surface area contributed by atoms with Crippen LogP contribution in [-0.4, -0.2) is 33.2 Å². The van der Waals surface area contributed by atoms with Crippen molar-refractivity contribution in [3.05, 3.63) is 29.8 Å². The molecule has 0 aliphatic carbocycles. The van der Waals surface area contributed by atoms with Gasteiger partial charge < -0.3 is 4.74 Å². The number of H-pyrrole nitrogens is 1. The third-order valence-electron chi connectivity index (χ3n) is 2.43. The molecular formula is C12H14N4O2. The third kappa shape index (κ3) is 2.91. The van der Waals surface area contributed by atoms with E-state index in [1.165, 1.54) is 0 Å². The summed E-state index contributed by atoms with van der Waals surface area (Å²) in [7, 11) is 0. The minimum atomic E-state index is -0.325. The number of ether oxygens (including phenoxy) is 1. The molecule has 0 aliphatic rings. The van der Waals surface area contributed by atoms with Crippen molar-refractivity contribution in [2.45, 2.75) is 19.8 Å². The molecule has 0 saturated heterocycles. The third-order valence-corrected chi connectivity index (χ3v) is 2.43. The molecule has 2 rings (SSSR count). The normalized spacial score (nSPS) is 10.3. The van der Waals surface area contributed by atoms with Gasteiger partial charge in [0.1, 0.15) is 0 Å². The van der Waals surface area contributed by atoms with Crippen molar-refractivity contribution in [2.24, 2.45) is 0 Å². The highest BCUT2D eigenvalue weighted by Gasteiger charge is 2.09. The van der Waals surface area contributed by atoms with Gasteiger partial charge in [-0.25, -0.2) is 4.79 Å². The summed E-state index contributed by atoms with van der Waals surface area (Å²) < 4.78 is 5.14. The van der Waals surface area contributed by atoms with Gasteiger partial charge >= 0.3 is 5.97 Å². The van der Waals surface area contributed by atoms with Crippen LogP contribution in [0.25, 0.3) is 11.4 Å². The molecule has 1 aromatic carbocycles. The molecule has 0 spiro atoms. The maximum atomic E-state index is 11.8. The first-order valence-corrected chi connectivity index (χ1v) is 5.82. The van der Waals surface area contributed by atoms with Crippen LogP contribution in [0, 0.1) is 0 Å². The Morgan fingerprint density at radius 2 is 2.33 bits per heavy atom. The Kier molecular flexibility index (Phi) is 4.01. The van der Waals surface area contributed by atoms with Crippen LogP contribution < -0.4 is 0 Å². The van der Waals surface area contributed by atoms with Gasteiger partial charge in [-0.2, -0.15) is 5.21 Å². The van der Waals surface area contributed by atoms with Crippen LogP contribution in [0.3, 0.4) is 0 Å². The monoisotopic (exact) mass is 246 g/mol. The number of rotatable bonds is 5. The molecule has 94 valence electrons. The molecule has 2 aromatic rings. The fourth-order valence-electron chi connectivity index (χ4n) is 1.46. The Hall–Kier alpha value is -2.24. The highest BCUT2D eigenvalue weighted by atomic mass is 16.5. The van der Waals surface area contributed by atoms with Gasteiger partial charge in [0.15, 0.2) is 0 Å². The second-order valence-corrected chi connectivity index (χ2v) is 3.81.